The van der Waals surface area contributed by atoms with Crippen LogP contribution in [0.1, 0.15) is 38.1 Å². The molecular formula is C19H25N3O5. The van der Waals surface area contributed by atoms with Gasteiger partial charge in [0, 0.05) is 19.3 Å². The topological polar surface area (TPSA) is 81.2 Å². The second-order valence-corrected chi connectivity index (χ2v) is 7.54. The fourth-order valence-corrected chi connectivity index (χ4v) is 3.05. The molecule has 2 aliphatic heterocycles. The number of ether oxygens (including phenoxy) is 2. The highest BCUT2D eigenvalue weighted by atomic mass is 16.8. The molecule has 0 atom stereocenters. The average Bonchev–Trinajstić information content (AvgIpc) is 3.11. The van der Waals surface area contributed by atoms with Gasteiger partial charge >= 0.3 is 12.1 Å². The number of esters is 1. The Bertz CT molecular complexity index is 734. The highest BCUT2D eigenvalue weighted by Gasteiger charge is 2.33. The summed E-state index contributed by atoms with van der Waals surface area (Å²) in [4.78, 5) is 35.3. The summed E-state index contributed by atoms with van der Waals surface area (Å²) in [6.07, 6.45) is 0.853. The normalized spacial score (nSPS) is 17.1. The first-order valence-corrected chi connectivity index (χ1v) is 8.99. The molecule has 3 rings (SSSR count). The number of rotatable bonds is 4. The van der Waals surface area contributed by atoms with Crippen LogP contribution in [0.25, 0.3) is 0 Å². The van der Waals surface area contributed by atoms with Crippen molar-refractivity contribution in [2.45, 2.75) is 33.3 Å². The largest absolute Gasteiger partial charge is 0.528 e. The lowest BCUT2D eigenvalue weighted by molar-refractivity contribution is -0.128. The number of hydrogen-bond acceptors (Lipinski definition) is 8. The molecule has 0 unspecified atom stereocenters. The van der Waals surface area contributed by atoms with Crippen LogP contribution < -0.4 is 4.90 Å². The molecule has 1 aromatic heterocycles. The van der Waals surface area contributed by atoms with Gasteiger partial charge in [0.05, 0.1) is 25.3 Å². The molecule has 2 aliphatic rings. The van der Waals surface area contributed by atoms with Gasteiger partial charge in [-0.15, -0.1) is 5.06 Å². The number of carbonyl (C=O) groups excluding carboxylic acids is 2. The summed E-state index contributed by atoms with van der Waals surface area (Å²) in [7, 11) is 0. The number of carbonyl (C=O) groups is 2. The first-order chi connectivity index (χ1) is 12.7. The van der Waals surface area contributed by atoms with Crippen molar-refractivity contribution >= 4 is 17.9 Å². The number of hydroxylamine groups is 2. The van der Waals surface area contributed by atoms with Crippen LogP contribution in [0.4, 0.5) is 10.6 Å². The van der Waals surface area contributed by atoms with E-state index in [4.69, 9.17) is 14.3 Å². The molecule has 146 valence electrons. The number of hydrogen-bond donors (Lipinski definition) is 0. The predicted octanol–water partition coefficient (Wildman–Crippen LogP) is 2.56. The van der Waals surface area contributed by atoms with Crippen molar-refractivity contribution in [3.05, 3.63) is 35.0 Å². The zero-order chi connectivity index (χ0) is 19.6. The summed E-state index contributed by atoms with van der Waals surface area (Å²) >= 11 is 0. The Kier molecular flexibility index (Phi) is 5.36. The van der Waals surface area contributed by atoms with Crippen molar-refractivity contribution in [2.75, 3.05) is 37.7 Å². The summed E-state index contributed by atoms with van der Waals surface area (Å²) in [6.45, 7) is 10.1. The maximum absolute atomic E-state index is 11.8. The van der Waals surface area contributed by atoms with E-state index >= 15 is 0 Å². The van der Waals surface area contributed by atoms with Gasteiger partial charge in [0.1, 0.15) is 11.4 Å². The van der Waals surface area contributed by atoms with E-state index in [-0.39, 0.29) is 5.97 Å². The molecular weight excluding hydrogens is 350 g/mol. The number of aromatic nitrogens is 1. The molecule has 8 nitrogen and oxygen atoms in total. The van der Waals surface area contributed by atoms with E-state index in [9.17, 15) is 9.59 Å². The molecule has 0 saturated carbocycles. The fourth-order valence-electron chi connectivity index (χ4n) is 3.05. The molecule has 0 radical (unpaired) electrons. The number of anilines is 1. The van der Waals surface area contributed by atoms with Crippen LogP contribution in [0.3, 0.4) is 0 Å². The van der Waals surface area contributed by atoms with Crippen LogP contribution in [-0.2, 0) is 14.3 Å². The van der Waals surface area contributed by atoms with Crippen molar-refractivity contribution < 1.29 is 23.9 Å². The third-order valence-electron chi connectivity index (χ3n) is 4.17. The molecule has 0 bridgehead atoms. The van der Waals surface area contributed by atoms with Gasteiger partial charge in [0.15, 0.2) is 0 Å². The first-order valence-electron chi connectivity index (χ1n) is 8.99. The lowest BCUT2D eigenvalue weighted by atomic mass is 10.2. The minimum Gasteiger partial charge on any atom is -0.462 e. The SMILES string of the molecule is CCOC(=O)c1ccc(N2CC3=C(CN(OC(=O)OC(C)(C)C)C3)C2)nc1. The van der Waals surface area contributed by atoms with Gasteiger partial charge in [-0.3, -0.25) is 0 Å². The Labute approximate surface area is 158 Å². The van der Waals surface area contributed by atoms with Gasteiger partial charge in [-0.25, -0.2) is 14.6 Å². The van der Waals surface area contributed by atoms with Crippen LogP contribution in [-0.4, -0.2) is 60.6 Å². The van der Waals surface area contributed by atoms with Crippen molar-refractivity contribution in [3.63, 3.8) is 0 Å². The van der Waals surface area contributed by atoms with Crippen molar-refractivity contribution in [1.82, 2.24) is 10.0 Å². The van der Waals surface area contributed by atoms with Gasteiger partial charge in [0.2, 0.25) is 0 Å². The zero-order valence-electron chi connectivity index (χ0n) is 16.2. The fraction of sp³-hybridized carbons (Fsp3) is 0.526. The maximum Gasteiger partial charge on any atom is 0.528 e. The first kappa shape index (κ1) is 19.2. The summed E-state index contributed by atoms with van der Waals surface area (Å²) in [5.74, 6) is 0.436. The van der Waals surface area contributed by atoms with Gasteiger partial charge in [-0.05, 0) is 51.0 Å². The van der Waals surface area contributed by atoms with Gasteiger partial charge in [-0.1, -0.05) is 0 Å². The third-order valence-corrected chi connectivity index (χ3v) is 4.17. The third kappa shape index (κ3) is 4.77. The summed E-state index contributed by atoms with van der Waals surface area (Å²) in [5.41, 5.74) is 2.30. The second-order valence-electron chi connectivity index (χ2n) is 7.54. The molecule has 0 N–H and O–H groups in total. The van der Waals surface area contributed by atoms with Crippen LogP contribution >= 0.6 is 0 Å². The molecule has 0 spiro atoms. The highest BCUT2D eigenvalue weighted by Crippen LogP contribution is 2.29. The molecule has 8 heteroatoms. The summed E-state index contributed by atoms with van der Waals surface area (Å²) in [5, 5.41) is 1.62. The van der Waals surface area contributed by atoms with Crippen LogP contribution in [0, 0.1) is 0 Å². The van der Waals surface area contributed by atoms with E-state index in [1.54, 1.807) is 38.8 Å². The van der Waals surface area contributed by atoms with E-state index in [0.29, 0.717) is 25.3 Å². The Morgan fingerprint density at radius 1 is 1.11 bits per heavy atom. The number of pyridine rings is 1. The van der Waals surface area contributed by atoms with E-state index in [0.717, 1.165) is 18.9 Å². The smallest absolute Gasteiger partial charge is 0.462 e. The zero-order valence-corrected chi connectivity index (χ0v) is 16.2. The van der Waals surface area contributed by atoms with E-state index in [1.807, 2.05) is 6.07 Å². The lowest BCUT2D eigenvalue weighted by Crippen LogP contribution is -2.34. The molecule has 0 aliphatic carbocycles. The van der Waals surface area contributed by atoms with Crippen LogP contribution in [0.2, 0.25) is 0 Å². The van der Waals surface area contributed by atoms with Crippen LogP contribution in [0.15, 0.2) is 29.5 Å². The van der Waals surface area contributed by atoms with Gasteiger partial charge in [-0.2, -0.15) is 0 Å². The van der Waals surface area contributed by atoms with E-state index in [1.165, 1.54) is 17.3 Å². The van der Waals surface area contributed by atoms with Crippen molar-refractivity contribution in [1.29, 1.82) is 0 Å². The molecule has 27 heavy (non-hydrogen) atoms. The minimum absolute atomic E-state index is 0.339. The molecule has 0 saturated heterocycles. The standard InChI is InChI=1S/C19H25N3O5/c1-5-25-17(23)13-6-7-16(20-8-13)21-9-14-11-22(12-15(14)10-21)27-18(24)26-19(2,3)4/h6-8H,5,9-12H2,1-4H3. The Morgan fingerprint density at radius 3 is 2.30 bits per heavy atom. The maximum atomic E-state index is 11.8. The molecule has 0 fully saturated rings. The number of nitrogens with zero attached hydrogens (tertiary/aromatic N) is 3. The Morgan fingerprint density at radius 2 is 1.78 bits per heavy atom. The van der Waals surface area contributed by atoms with Gasteiger partial charge < -0.3 is 19.2 Å². The van der Waals surface area contributed by atoms with Crippen molar-refractivity contribution in [3.8, 4) is 0 Å². The average molecular weight is 375 g/mol. The van der Waals surface area contributed by atoms with E-state index < -0.39 is 11.8 Å². The molecule has 3 heterocycles. The predicted molar refractivity (Wildman–Crippen MR) is 98.3 cm³/mol. The molecule has 0 amide bonds. The summed E-state index contributed by atoms with van der Waals surface area (Å²) in [6, 6.07) is 3.55. The van der Waals surface area contributed by atoms with E-state index in [2.05, 4.69) is 9.88 Å². The van der Waals surface area contributed by atoms with Gasteiger partial charge in [0.25, 0.3) is 0 Å². The van der Waals surface area contributed by atoms with Crippen molar-refractivity contribution in [2.24, 2.45) is 0 Å². The quantitative estimate of drug-likeness (QED) is 0.587. The Hall–Kier alpha value is -2.61. The second kappa shape index (κ2) is 7.56. The minimum atomic E-state index is -0.684. The summed E-state index contributed by atoms with van der Waals surface area (Å²) < 4.78 is 10.2. The Balaban J connectivity index is 1.52. The highest BCUT2D eigenvalue weighted by molar-refractivity contribution is 5.89. The van der Waals surface area contributed by atoms with Crippen LogP contribution in [0.5, 0.6) is 0 Å². The lowest BCUT2D eigenvalue weighted by Gasteiger charge is -2.24. The molecule has 0 aromatic carbocycles. The molecule has 1 aromatic rings. The monoisotopic (exact) mass is 375 g/mol.